The lowest BCUT2D eigenvalue weighted by Crippen LogP contribution is -2.66. The van der Waals surface area contributed by atoms with Gasteiger partial charge in [0.15, 0.2) is 0 Å². The van der Waals surface area contributed by atoms with E-state index in [2.05, 4.69) is 128 Å². The van der Waals surface area contributed by atoms with Crippen LogP contribution < -0.4 is 10.4 Å². The van der Waals surface area contributed by atoms with Gasteiger partial charge in [-0.05, 0) is 71.7 Å². The molecule has 3 heteroatoms. The third-order valence-electron chi connectivity index (χ3n) is 10.2. The van der Waals surface area contributed by atoms with Crippen LogP contribution in [0.3, 0.4) is 0 Å². The summed E-state index contributed by atoms with van der Waals surface area (Å²) in [6.45, 7) is 19.4. The fourth-order valence-electron chi connectivity index (χ4n) is 8.33. The summed E-state index contributed by atoms with van der Waals surface area (Å²) in [6, 6.07) is 21.7. The zero-order valence-electron chi connectivity index (χ0n) is 25.8. The number of benzene rings is 2. The van der Waals surface area contributed by atoms with Crippen molar-refractivity contribution >= 4 is 18.7 Å². The molecule has 4 rings (SSSR count). The second-order valence-corrected chi connectivity index (χ2v) is 18.6. The van der Waals surface area contributed by atoms with Crippen LogP contribution in [-0.2, 0) is 4.43 Å². The number of hydrogen-bond acceptors (Lipinski definition) is 2. The van der Waals surface area contributed by atoms with Gasteiger partial charge in [-0.1, -0.05) is 132 Å². The summed E-state index contributed by atoms with van der Waals surface area (Å²) in [4.78, 5) is 0. The average molecular weight is 545 g/mol. The van der Waals surface area contributed by atoms with Crippen LogP contribution in [0.1, 0.15) is 87.5 Å². The molecule has 0 amide bonds. The van der Waals surface area contributed by atoms with E-state index in [4.69, 9.17) is 4.43 Å². The number of rotatable bonds is 8. The van der Waals surface area contributed by atoms with Gasteiger partial charge in [0.1, 0.15) is 0 Å². The molecule has 0 bridgehead atoms. The van der Waals surface area contributed by atoms with Crippen LogP contribution in [0.15, 0.2) is 84.0 Å². The topological polar surface area (TPSA) is 29.5 Å². The molecule has 0 aromatic heterocycles. The fourth-order valence-corrected chi connectivity index (χ4v) is 12.9. The zero-order chi connectivity index (χ0) is 28.5. The van der Waals surface area contributed by atoms with Gasteiger partial charge in [-0.15, -0.1) is 0 Å². The first-order valence-electron chi connectivity index (χ1n) is 15.1. The van der Waals surface area contributed by atoms with Gasteiger partial charge in [0.05, 0.1) is 6.10 Å². The molecule has 4 atom stereocenters. The Labute approximate surface area is 239 Å². The Kier molecular flexibility index (Phi) is 8.86. The highest BCUT2D eigenvalue weighted by Gasteiger charge is 2.53. The van der Waals surface area contributed by atoms with Crippen molar-refractivity contribution in [3.05, 3.63) is 84.0 Å². The first-order valence-corrected chi connectivity index (χ1v) is 17.0. The second-order valence-electron chi connectivity index (χ2n) is 14.3. The Hall–Kier alpha value is -1.94. The van der Waals surface area contributed by atoms with Crippen molar-refractivity contribution in [2.24, 2.45) is 22.7 Å². The molecule has 0 saturated heterocycles. The minimum absolute atomic E-state index is 0.0335. The van der Waals surface area contributed by atoms with Crippen molar-refractivity contribution in [1.29, 1.82) is 0 Å². The van der Waals surface area contributed by atoms with Gasteiger partial charge in [-0.3, -0.25) is 0 Å². The lowest BCUT2D eigenvalue weighted by molar-refractivity contribution is -0.0650. The normalized spacial score (nSPS) is 26.5. The molecule has 2 aliphatic rings. The first-order chi connectivity index (χ1) is 18.3. The lowest BCUT2D eigenvalue weighted by atomic mass is 9.48. The van der Waals surface area contributed by atoms with E-state index in [-0.39, 0.29) is 16.4 Å². The summed E-state index contributed by atoms with van der Waals surface area (Å²) < 4.78 is 7.12. The molecule has 1 N–H and O–H groups in total. The Morgan fingerprint density at radius 2 is 1.56 bits per heavy atom. The molecule has 0 aliphatic heterocycles. The smallest absolute Gasteiger partial charge is 0.261 e. The predicted molar refractivity (Wildman–Crippen MR) is 169 cm³/mol. The summed E-state index contributed by atoms with van der Waals surface area (Å²) in [5.74, 6) is 0.803. The number of fused-ring (bicyclic) bond motifs is 1. The van der Waals surface area contributed by atoms with Gasteiger partial charge >= 0.3 is 0 Å². The lowest BCUT2D eigenvalue weighted by Gasteiger charge is -2.57. The molecular formula is C36H52O2Si. The summed E-state index contributed by atoms with van der Waals surface area (Å²) >= 11 is 0. The summed E-state index contributed by atoms with van der Waals surface area (Å²) in [6.07, 6.45) is 9.82. The Bertz CT molecular complexity index is 1120. The van der Waals surface area contributed by atoms with Gasteiger partial charge < -0.3 is 9.53 Å². The Morgan fingerprint density at radius 1 is 1.00 bits per heavy atom. The van der Waals surface area contributed by atoms with Crippen LogP contribution in [0.5, 0.6) is 0 Å². The van der Waals surface area contributed by atoms with E-state index >= 15 is 0 Å². The molecule has 2 nitrogen and oxygen atoms in total. The largest absolute Gasteiger partial charge is 0.407 e. The van der Waals surface area contributed by atoms with Crippen molar-refractivity contribution < 1.29 is 9.53 Å². The minimum Gasteiger partial charge on any atom is -0.407 e. The zero-order valence-corrected chi connectivity index (χ0v) is 26.8. The maximum absolute atomic E-state index is 11.7. The van der Waals surface area contributed by atoms with Gasteiger partial charge in [-0.25, -0.2) is 0 Å². The molecule has 2 aliphatic carbocycles. The number of aliphatic hydroxyl groups excluding tert-OH is 1. The molecule has 0 spiro atoms. The molecule has 1 fully saturated rings. The average Bonchev–Trinajstić information content (AvgIpc) is 2.86. The number of hydrogen-bond donors (Lipinski definition) is 1. The van der Waals surface area contributed by atoms with Crippen molar-refractivity contribution in [2.75, 3.05) is 6.61 Å². The van der Waals surface area contributed by atoms with Gasteiger partial charge in [-0.2, -0.15) is 0 Å². The molecule has 1 unspecified atom stereocenters. The second kappa shape index (κ2) is 11.5. The number of aliphatic hydroxyl groups is 1. The third kappa shape index (κ3) is 5.78. The molecule has 39 heavy (non-hydrogen) atoms. The Morgan fingerprint density at radius 3 is 2.10 bits per heavy atom. The van der Waals surface area contributed by atoms with E-state index in [1.807, 2.05) is 0 Å². The van der Waals surface area contributed by atoms with Crippen molar-refractivity contribution in [3.63, 3.8) is 0 Å². The summed E-state index contributed by atoms with van der Waals surface area (Å²) in [7, 11) is -2.55. The van der Waals surface area contributed by atoms with E-state index in [1.54, 1.807) is 0 Å². The standard InChI is InChI=1S/C36H52O2Si/c1-27(26-31(37)33-28(2)20-21-32-35(6,7)23-15-24-36(32,33)8)22-25-38-39(34(3,4)5,29-16-11-9-12-17-29)30-18-13-10-14-19-30/h9-14,16-20,26,31-33,37H,15,21-25H2,1-8H3/b27-26+/t31-,32?,33+,36-/m0/s1. The maximum atomic E-state index is 11.7. The SMILES string of the molecule is CC1=CCC2C(C)(C)CCC[C@]2(C)[C@H]1[C@@H](O)/C=C(\C)CCO[Si](c1ccccc1)(c1ccccc1)C(C)(C)C. The predicted octanol–water partition coefficient (Wildman–Crippen LogP) is 8.06. The quantitative estimate of drug-likeness (QED) is 0.269. The van der Waals surface area contributed by atoms with Gasteiger partial charge in [0, 0.05) is 12.5 Å². The molecule has 212 valence electrons. The van der Waals surface area contributed by atoms with Crippen molar-refractivity contribution in [3.8, 4) is 0 Å². The van der Waals surface area contributed by atoms with E-state index in [0.717, 1.165) is 12.8 Å². The first kappa shape index (κ1) is 30.0. The maximum Gasteiger partial charge on any atom is 0.261 e. The van der Waals surface area contributed by atoms with Crippen molar-refractivity contribution in [1.82, 2.24) is 0 Å². The highest BCUT2D eigenvalue weighted by Crippen LogP contribution is 2.60. The summed E-state index contributed by atoms with van der Waals surface area (Å²) in [5, 5.41) is 14.3. The van der Waals surface area contributed by atoms with E-state index in [0.29, 0.717) is 17.9 Å². The van der Waals surface area contributed by atoms with Gasteiger partial charge in [0.2, 0.25) is 0 Å². The van der Waals surface area contributed by atoms with Crippen LogP contribution in [0.2, 0.25) is 5.04 Å². The van der Waals surface area contributed by atoms with Gasteiger partial charge in [0.25, 0.3) is 8.32 Å². The van der Waals surface area contributed by atoms with Crippen LogP contribution >= 0.6 is 0 Å². The minimum atomic E-state index is -2.55. The monoisotopic (exact) mass is 544 g/mol. The van der Waals surface area contributed by atoms with Crippen molar-refractivity contribution in [2.45, 2.75) is 98.6 Å². The third-order valence-corrected chi connectivity index (χ3v) is 15.2. The van der Waals surface area contributed by atoms with E-state index in [9.17, 15) is 5.11 Å². The highest BCUT2D eigenvalue weighted by molar-refractivity contribution is 6.99. The van der Waals surface area contributed by atoms with Crippen LogP contribution in [0.4, 0.5) is 0 Å². The van der Waals surface area contributed by atoms with Crippen LogP contribution in [-0.4, -0.2) is 26.1 Å². The van der Waals surface area contributed by atoms with Crippen LogP contribution in [0.25, 0.3) is 0 Å². The number of allylic oxidation sites excluding steroid dienone is 1. The van der Waals surface area contributed by atoms with Crippen LogP contribution in [0, 0.1) is 22.7 Å². The van der Waals surface area contributed by atoms with E-state index in [1.165, 1.54) is 40.8 Å². The summed E-state index contributed by atoms with van der Waals surface area (Å²) in [5.41, 5.74) is 3.05. The fraction of sp³-hybridized carbons (Fsp3) is 0.556. The molecule has 2 aromatic carbocycles. The molecular weight excluding hydrogens is 492 g/mol. The molecule has 2 aromatic rings. The molecule has 0 radical (unpaired) electrons. The molecule has 0 heterocycles. The Balaban J connectivity index is 1.56. The molecule has 1 saturated carbocycles. The highest BCUT2D eigenvalue weighted by atomic mass is 28.4. The van der Waals surface area contributed by atoms with E-state index < -0.39 is 14.4 Å².